The largest absolute Gasteiger partial charge is 0.415 e. The van der Waals surface area contributed by atoms with E-state index in [1.165, 1.54) is 24.3 Å². The molecule has 7 heteroatoms. The molecule has 21 heavy (non-hydrogen) atoms. The van der Waals surface area contributed by atoms with Crippen molar-refractivity contribution in [3.05, 3.63) is 34.4 Å². The fraction of sp³-hybridized carbons (Fsp3) is 0.500. The quantitative estimate of drug-likeness (QED) is 0.681. The zero-order valence-electron chi connectivity index (χ0n) is 11.9. The highest BCUT2D eigenvalue weighted by atomic mass is 16.6. The van der Waals surface area contributed by atoms with Gasteiger partial charge in [-0.3, -0.25) is 10.1 Å². The van der Waals surface area contributed by atoms with E-state index < -0.39 is 11.0 Å². The van der Waals surface area contributed by atoms with Crippen LogP contribution in [0.25, 0.3) is 0 Å². The van der Waals surface area contributed by atoms with Gasteiger partial charge in [0.1, 0.15) is 5.75 Å². The molecule has 0 radical (unpaired) electrons. The predicted octanol–water partition coefficient (Wildman–Crippen LogP) is 2.30. The van der Waals surface area contributed by atoms with Gasteiger partial charge in [-0.1, -0.05) is 0 Å². The molecule has 0 atom stereocenters. The number of non-ortho nitro benzene ring substituents is 1. The fourth-order valence-electron chi connectivity index (χ4n) is 2.45. The Kier molecular flexibility index (Phi) is 4.74. The number of hydrogen-bond donors (Lipinski definition) is 1. The van der Waals surface area contributed by atoms with Crippen LogP contribution in [0.5, 0.6) is 5.75 Å². The van der Waals surface area contributed by atoms with Crippen molar-refractivity contribution in [2.75, 3.05) is 7.05 Å². The molecule has 1 saturated carbocycles. The van der Waals surface area contributed by atoms with Crippen LogP contribution in [-0.4, -0.2) is 35.0 Å². The first kappa shape index (κ1) is 15.2. The zero-order valence-corrected chi connectivity index (χ0v) is 11.9. The number of nitrogens with zero attached hydrogens (tertiary/aromatic N) is 2. The maximum absolute atomic E-state index is 12.1. The molecule has 1 aliphatic carbocycles. The fourth-order valence-corrected chi connectivity index (χ4v) is 2.45. The minimum Gasteiger partial charge on any atom is -0.410 e. The molecule has 1 aromatic rings. The summed E-state index contributed by atoms with van der Waals surface area (Å²) in [6.45, 7) is 0. The van der Waals surface area contributed by atoms with E-state index in [4.69, 9.17) is 10.5 Å². The second-order valence-corrected chi connectivity index (χ2v) is 5.30. The van der Waals surface area contributed by atoms with Crippen molar-refractivity contribution >= 4 is 11.8 Å². The number of hydrogen-bond acceptors (Lipinski definition) is 5. The number of ether oxygens (including phenoxy) is 1. The topological polar surface area (TPSA) is 98.7 Å². The van der Waals surface area contributed by atoms with Crippen molar-refractivity contribution in [3.8, 4) is 5.75 Å². The first-order valence-electron chi connectivity index (χ1n) is 6.92. The van der Waals surface area contributed by atoms with Gasteiger partial charge in [0.05, 0.1) is 4.92 Å². The molecule has 1 fully saturated rings. The molecule has 1 aromatic carbocycles. The Morgan fingerprint density at radius 3 is 2.38 bits per heavy atom. The second-order valence-electron chi connectivity index (χ2n) is 5.30. The van der Waals surface area contributed by atoms with E-state index in [1.54, 1.807) is 11.9 Å². The molecule has 0 spiro atoms. The van der Waals surface area contributed by atoms with Gasteiger partial charge < -0.3 is 15.4 Å². The van der Waals surface area contributed by atoms with Crippen LogP contribution in [0.4, 0.5) is 10.5 Å². The predicted molar refractivity (Wildman–Crippen MR) is 77.1 cm³/mol. The number of carbonyl (C=O) groups is 1. The Labute approximate surface area is 122 Å². The second kappa shape index (κ2) is 6.53. The summed E-state index contributed by atoms with van der Waals surface area (Å²) in [5.74, 6) is 0.296. The van der Waals surface area contributed by atoms with Crippen LogP contribution in [0.2, 0.25) is 0 Å². The van der Waals surface area contributed by atoms with E-state index in [0.29, 0.717) is 5.75 Å². The molecule has 2 N–H and O–H groups in total. The summed E-state index contributed by atoms with van der Waals surface area (Å²) in [6.07, 6.45) is 3.09. The molecule has 1 amide bonds. The SMILES string of the molecule is CN(C(=O)Oc1ccc([N+](=O)[O-])cc1)C1CCC(N)CC1. The van der Waals surface area contributed by atoms with E-state index in [0.717, 1.165) is 25.7 Å². The molecular weight excluding hydrogens is 274 g/mol. The van der Waals surface area contributed by atoms with Crippen LogP contribution in [0.3, 0.4) is 0 Å². The molecule has 0 heterocycles. The number of rotatable bonds is 3. The van der Waals surface area contributed by atoms with Crippen LogP contribution in [0, 0.1) is 10.1 Å². The Hall–Kier alpha value is -2.15. The lowest BCUT2D eigenvalue weighted by atomic mass is 9.91. The third-order valence-electron chi connectivity index (χ3n) is 3.83. The molecule has 2 rings (SSSR count). The average molecular weight is 293 g/mol. The Bertz CT molecular complexity index is 509. The highest BCUT2D eigenvalue weighted by Gasteiger charge is 2.26. The van der Waals surface area contributed by atoms with Crippen molar-refractivity contribution in [1.82, 2.24) is 4.90 Å². The van der Waals surface area contributed by atoms with Crippen molar-refractivity contribution in [1.29, 1.82) is 0 Å². The summed E-state index contributed by atoms with van der Waals surface area (Å²) in [4.78, 5) is 23.7. The van der Waals surface area contributed by atoms with Crippen molar-refractivity contribution < 1.29 is 14.5 Å². The van der Waals surface area contributed by atoms with Crippen molar-refractivity contribution in [3.63, 3.8) is 0 Å². The third kappa shape index (κ3) is 3.91. The molecule has 0 aromatic heterocycles. The van der Waals surface area contributed by atoms with Gasteiger partial charge in [0, 0.05) is 31.3 Å². The van der Waals surface area contributed by atoms with Crippen LogP contribution in [-0.2, 0) is 0 Å². The molecule has 7 nitrogen and oxygen atoms in total. The lowest BCUT2D eigenvalue weighted by Crippen LogP contribution is -2.43. The van der Waals surface area contributed by atoms with E-state index in [2.05, 4.69) is 0 Å². The maximum Gasteiger partial charge on any atom is 0.415 e. The normalized spacial score (nSPS) is 21.6. The molecule has 114 valence electrons. The number of nitro benzene ring substituents is 1. The van der Waals surface area contributed by atoms with Crippen molar-refractivity contribution in [2.24, 2.45) is 5.73 Å². The number of amides is 1. The van der Waals surface area contributed by atoms with E-state index in [1.807, 2.05) is 0 Å². The molecule has 0 aliphatic heterocycles. The Morgan fingerprint density at radius 2 is 1.86 bits per heavy atom. The third-order valence-corrected chi connectivity index (χ3v) is 3.83. The van der Waals surface area contributed by atoms with Crippen molar-refractivity contribution in [2.45, 2.75) is 37.8 Å². The van der Waals surface area contributed by atoms with Crippen LogP contribution < -0.4 is 10.5 Å². The van der Waals surface area contributed by atoms with Gasteiger partial charge in [0.25, 0.3) is 5.69 Å². The highest BCUT2D eigenvalue weighted by Crippen LogP contribution is 2.23. The summed E-state index contributed by atoms with van der Waals surface area (Å²) in [7, 11) is 1.70. The average Bonchev–Trinajstić information content (AvgIpc) is 2.47. The maximum atomic E-state index is 12.1. The smallest absolute Gasteiger partial charge is 0.410 e. The van der Waals surface area contributed by atoms with Gasteiger partial charge in [-0.25, -0.2) is 4.79 Å². The van der Waals surface area contributed by atoms with Crippen LogP contribution in [0.15, 0.2) is 24.3 Å². The molecule has 0 unspecified atom stereocenters. The molecule has 1 aliphatic rings. The summed E-state index contributed by atoms with van der Waals surface area (Å²) in [6, 6.07) is 5.81. The van der Waals surface area contributed by atoms with E-state index in [9.17, 15) is 14.9 Å². The van der Waals surface area contributed by atoms with Gasteiger partial charge >= 0.3 is 6.09 Å². The van der Waals surface area contributed by atoms with Crippen LogP contribution in [0.1, 0.15) is 25.7 Å². The van der Waals surface area contributed by atoms with E-state index in [-0.39, 0.29) is 17.8 Å². The summed E-state index contributed by atoms with van der Waals surface area (Å²) in [5.41, 5.74) is 5.81. The summed E-state index contributed by atoms with van der Waals surface area (Å²) in [5, 5.41) is 10.6. The number of nitrogens with two attached hydrogens (primary N) is 1. The number of benzene rings is 1. The first-order chi connectivity index (χ1) is 9.97. The molecule has 0 bridgehead atoms. The molecular formula is C14H19N3O4. The van der Waals surface area contributed by atoms with Gasteiger partial charge in [-0.2, -0.15) is 0 Å². The van der Waals surface area contributed by atoms with Gasteiger partial charge in [-0.15, -0.1) is 0 Å². The molecule has 0 saturated heterocycles. The van der Waals surface area contributed by atoms with Gasteiger partial charge in [-0.05, 0) is 37.8 Å². The summed E-state index contributed by atoms with van der Waals surface area (Å²) < 4.78 is 5.22. The highest BCUT2D eigenvalue weighted by molar-refractivity contribution is 5.70. The van der Waals surface area contributed by atoms with Gasteiger partial charge in [0.15, 0.2) is 0 Å². The Morgan fingerprint density at radius 1 is 1.29 bits per heavy atom. The lowest BCUT2D eigenvalue weighted by Gasteiger charge is -2.32. The standard InChI is InChI=1S/C14H19N3O4/c1-16(11-4-2-10(15)3-5-11)14(18)21-13-8-6-12(7-9-13)17(19)20/h6-11H,2-5,15H2,1H3. The number of nitro groups is 1. The Balaban J connectivity index is 1.92. The first-order valence-corrected chi connectivity index (χ1v) is 6.92. The minimum absolute atomic E-state index is 0.0376. The van der Waals surface area contributed by atoms with Gasteiger partial charge in [0.2, 0.25) is 0 Å². The minimum atomic E-state index is -0.497. The lowest BCUT2D eigenvalue weighted by molar-refractivity contribution is -0.384. The monoisotopic (exact) mass is 293 g/mol. The van der Waals surface area contributed by atoms with Crippen LogP contribution >= 0.6 is 0 Å². The zero-order chi connectivity index (χ0) is 15.4. The summed E-state index contributed by atoms with van der Waals surface area (Å²) >= 11 is 0. The number of carbonyl (C=O) groups excluding carboxylic acids is 1. The van der Waals surface area contributed by atoms with E-state index >= 15 is 0 Å².